The van der Waals surface area contributed by atoms with Crippen LogP contribution in [0.4, 0.5) is 0 Å². The van der Waals surface area contributed by atoms with Gasteiger partial charge in [-0.15, -0.1) is 0 Å². The van der Waals surface area contributed by atoms with Gasteiger partial charge in [0.15, 0.2) is 0 Å². The number of fused-ring (bicyclic) bond motifs is 1. The van der Waals surface area contributed by atoms with Gasteiger partial charge >= 0.3 is 0 Å². The van der Waals surface area contributed by atoms with E-state index in [1.807, 2.05) is 24.3 Å². The average Bonchev–Trinajstić information content (AvgIpc) is 2.63. The summed E-state index contributed by atoms with van der Waals surface area (Å²) < 4.78 is 6.40. The second-order valence-corrected chi connectivity index (χ2v) is 7.35. The van der Waals surface area contributed by atoms with Crippen LogP contribution in [-0.4, -0.2) is 60.9 Å². The standard InChI is InChI=1S/C20H27N3O3/c1-4-19(25)23(3)14-18(24)21-16-13-20(9-11-22(2)12-10-20)26-17-8-6-5-7-15(16)17/h4-8,16H,1,9-14H2,2-3H3,(H,21,24). The van der Waals surface area contributed by atoms with Crippen molar-refractivity contribution in [3.8, 4) is 5.75 Å². The summed E-state index contributed by atoms with van der Waals surface area (Å²) in [7, 11) is 3.72. The number of rotatable bonds is 4. The average molecular weight is 357 g/mol. The number of nitrogens with zero attached hydrogens (tertiary/aromatic N) is 2. The maximum Gasteiger partial charge on any atom is 0.246 e. The summed E-state index contributed by atoms with van der Waals surface area (Å²) in [6, 6.07) is 7.79. The number of likely N-dealkylation sites (N-methyl/N-ethyl adjacent to an activating group) is 1. The summed E-state index contributed by atoms with van der Waals surface area (Å²) in [4.78, 5) is 27.8. The monoisotopic (exact) mass is 357 g/mol. The van der Waals surface area contributed by atoms with E-state index < -0.39 is 0 Å². The quantitative estimate of drug-likeness (QED) is 0.834. The number of piperidine rings is 1. The lowest BCUT2D eigenvalue weighted by Gasteiger charge is -2.46. The number of carbonyl (C=O) groups is 2. The number of para-hydroxylation sites is 1. The van der Waals surface area contributed by atoms with E-state index >= 15 is 0 Å². The van der Waals surface area contributed by atoms with E-state index in [9.17, 15) is 9.59 Å². The van der Waals surface area contributed by atoms with Crippen molar-refractivity contribution in [2.24, 2.45) is 0 Å². The van der Waals surface area contributed by atoms with Crippen LogP contribution >= 0.6 is 0 Å². The fraction of sp³-hybridized carbons (Fsp3) is 0.500. The molecule has 2 aliphatic heterocycles. The molecule has 1 saturated heterocycles. The normalized spacial score (nSPS) is 21.4. The number of carbonyl (C=O) groups excluding carboxylic acids is 2. The molecule has 6 heteroatoms. The molecule has 1 aromatic rings. The summed E-state index contributed by atoms with van der Waals surface area (Å²) >= 11 is 0. The van der Waals surface area contributed by atoms with Crippen LogP contribution in [0.5, 0.6) is 5.75 Å². The Hall–Kier alpha value is -2.34. The van der Waals surface area contributed by atoms with Gasteiger partial charge in [-0.1, -0.05) is 24.8 Å². The Balaban J connectivity index is 1.76. The van der Waals surface area contributed by atoms with E-state index in [0.29, 0.717) is 0 Å². The summed E-state index contributed by atoms with van der Waals surface area (Å²) in [5, 5.41) is 3.11. The lowest BCUT2D eigenvalue weighted by molar-refractivity contribution is -0.132. The second-order valence-electron chi connectivity index (χ2n) is 7.35. The molecule has 2 heterocycles. The van der Waals surface area contributed by atoms with Crippen molar-refractivity contribution < 1.29 is 14.3 Å². The van der Waals surface area contributed by atoms with Crippen molar-refractivity contribution in [2.45, 2.75) is 30.9 Å². The zero-order chi connectivity index (χ0) is 18.7. The summed E-state index contributed by atoms with van der Waals surface area (Å²) in [6.45, 7) is 5.44. The number of nitrogens with one attached hydrogen (secondary N) is 1. The highest BCUT2D eigenvalue weighted by molar-refractivity contribution is 5.90. The molecule has 1 atom stereocenters. The van der Waals surface area contributed by atoms with E-state index in [1.165, 1.54) is 11.0 Å². The molecular formula is C20H27N3O3. The van der Waals surface area contributed by atoms with Gasteiger partial charge in [-0.05, 0) is 32.0 Å². The van der Waals surface area contributed by atoms with Crippen LogP contribution in [0.1, 0.15) is 30.9 Å². The number of hydrogen-bond donors (Lipinski definition) is 1. The second kappa shape index (κ2) is 7.50. The van der Waals surface area contributed by atoms with Gasteiger partial charge in [-0.25, -0.2) is 0 Å². The van der Waals surface area contributed by atoms with Crippen molar-refractivity contribution in [1.82, 2.24) is 15.1 Å². The minimum atomic E-state index is -0.265. The third-order valence-electron chi connectivity index (χ3n) is 5.36. The molecule has 1 aromatic carbocycles. The van der Waals surface area contributed by atoms with Crippen molar-refractivity contribution in [2.75, 3.05) is 33.7 Å². The largest absolute Gasteiger partial charge is 0.487 e. The van der Waals surface area contributed by atoms with Crippen LogP contribution in [0.15, 0.2) is 36.9 Å². The highest BCUT2D eigenvalue weighted by atomic mass is 16.5. The third-order valence-corrected chi connectivity index (χ3v) is 5.36. The number of ether oxygens (including phenoxy) is 1. The highest BCUT2D eigenvalue weighted by Gasteiger charge is 2.43. The van der Waals surface area contributed by atoms with Gasteiger partial charge in [0.1, 0.15) is 11.4 Å². The lowest BCUT2D eigenvalue weighted by atomic mass is 9.80. The maximum atomic E-state index is 12.5. The first-order valence-electron chi connectivity index (χ1n) is 9.06. The molecule has 0 saturated carbocycles. The third kappa shape index (κ3) is 3.90. The Bertz CT molecular complexity index is 695. The van der Waals surface area contributed by atoms with Crippen LogP contribution in [0.25, 0.3) is 0 Å². The molecule has 0 bridgehead atoms. The molecule has 140 valence electrons. The molecule has 2 aliphatic rings. The van der Waals surface area contributed by atoms with Gasteiger partial charge in [0.2, 0.25) is 11.8 Å². The zero-order valence-corrected chi connectivity index (χ0v) is 15.5. The Morgan fingerprint density at radius 1 is 1.38 bits per heavy atom. The number of hydrogen-bond acceptors (Lipinski definition) is 4. The van der Waals surface area contributed by atoms with E-state index in [-0.39, 0.29) is 30.0 Å². The first-order valence-corrected chi connectivity index (χ1v) is 9.06. The molecule has 0 radical (unpaired) electrons. The van der Waals surface area contributed by atoms with Gasteiger partial charge in [-0.3, -0.25) is 9.59 Å². The minimum Gasteiger partial charge on any atom is -0.487 e. The molecule has 1 fully saturated rings. The van der Waals surface area contributed by atoms with Crippen molar-refractivity contribution in [1.29, 1.82) is 0 Å². The Morgan fingerprint density at radius 2 is 2.08 bits per heavy atom. The van der Waals surface area contributed by atoms with Gasteiger partial charge in [0.25, 0.3) is 0 Å². The van der Waals surface area contributed by atoms with E-state index in [1.54, 1.807) is 7.05 Å². The molecule has 1 spiro atoms. The topological polar surface area (TPSA) is 61.9 Å². The minimum absolute atomic E-state index is 0.0140. The van der Waals surface area contributed by atoms with Gasteiger partial charge < -0.3 is 19.9 Å². The van der Waals surface area contributed by atoms with Gasteiger partial charge in [0.05, 0.1) is 12.6 Å². The molecule has 1 N–H and O–H groups in total. The van der Waals surface area contributed by atoms with E-state index in [0.717, 1.165) is 43.7 Å². The van der Waals surface area contributed by atoms with E-state index in [2.05, 4.69) is 23.8 Å². The zero-order valence-electron chi connectivity index (χ0n) is 15.5. The predicted octanol–water partition coefficient (Wildman–Crippen LogP) is 1.74. The fourth-order valence-electron chi connectivity index (χ4n) is 3.77. The van der Waals surface area contributed by atoms with Crippen LogP contribution in [0, 0.1) is 0 Å². The first kappa shape index (κ1) is 18.5. The van der Waals surface area contributed by atoms with Crippen molar-refractivity contribution >= 4 is 11.8 Å². The summed E-state index contributed by atoms with van der Waals surface area (Å²) in [5.74, 6) is 0.413. The first-order chi connectivity index (χ1) is 12.4. The SMILES string of the molecule is C=CC(=O)N(C)CC(=O)NC1CC2(CCN(C)CC2)Oc2ccccc21. The molecule has 2 amide bonds. The maximum absolute atomic E-state index is 12.5. The molecule has 3 rings (SSSR count). The molecule has 6 nitrogen and oxygen atoms in total. The molecule has 0 aromatic heterocycles. The molecule has 1 unspecified atom stereocenters. The summed E-state index contributed by atoms with van der Waals surface area (Å²) in [5.41, 5.74) is 0.768. The van der Waals surface area contributed by atoms with Crippen LogP contribution < -0.4 is 10.1 Å². The predicted molar refractivity (Wildman–Crippen MR) is 99.9 cm³/mol. The number of benzene rings is 1. The van der Waals surface area contributed by atoms with E-state index in [4.69, 9.17) is 4.74 Å². The molecule has 26 heavy (non-hydrogen) atoms. The number of likely N-dealkylation sites (tertiary alicyclic amines) is 1. The van der Waals surface area contributed by atoms with Crippen LogP contribution in [-0.2, 0) is 9.59 Å². The van der Waals surface area contributed by atoms with Crippen molar-refractivity contribution in [3.63, 3.8) is 0 Å². The summed E-state index contributed by atoms with van der Waals surface area (Å²) in [6.07, 6.45) is 3.85. The Kier molecular flexibility index (Phi) is 5.32. The molecular weight excluding hydrogens is 330 g/mol. The Morgan fingerprint density at radius 3 is 2.77 bits per heavy atom. The van der Waals surface area contributed by atoms with Crippen LogP contribution in [0.2, 0.25) is 0 Å². The number of amides is 2. The smallest absolute Gasteiger partial charge is 0.246 e. The van der Waals surface area contributed by atoms with Gasteiger partial charge in [0, 0.05) is 32.1 Å². The van der Waals surface area contributed by atoms with Gasteiger partial charge in [-0.2, -0.15) is 0 Å². The lowest BCUT2D eigenvalue weighted by Crippen LogP contribution is -2.52. The fourth-order valence-corrected chi connectivity index (χ4v) is 3.77. The van der Waals surface area contributed by atoms with Crippen LogP contribution in [0.3, 0.4) is 0 Å². The molecule has 0 aliphatic carbocycles. The highest BCUT2D eigenvalue weighted by Crippen LogP contribution is 2.44. The van der Waals surface area contributed by atoms with Crippen molar-refractivity contribution in [3.05, 3.63) is 42.5 Å². The Labute approximate surface area is 154 Å².